The van der Waals surface area contributed by atoms with Crippen LogP contribution in [-0.2, 0) is 9.59 Å². The number of nitrogen functional groups attached to an aromatic ring is 1. The van der Waals surface area contributed by atoms with Crippen LogP contribution in [0.4, 0.5) is 30.5 Å². The minimum atomic E-state index is -5.08. The molecule has 0 bridgehead atoms. The number of aromatic carboxylic acids is 1. The minimum absolute atomic E-state index is 0.00546. The standard InChI is InChI=1S/C18H15N5O5.C2HF3O2/c1-10(24)20-14-6-5-12(17(25)26)8-16(14)22-9-15(21-18(22)19)11-3-2-4-13(7-11)23(27)28;3-2(4,5)1(6)7/h2-9H,1H3,(H2,19,21)(H,20,24)(H,25,26);(H,6,7). The van der Waals surface area contributed by atoms with Gasteiger partial charge in [-0.3, -0.25) is 19.5 Å². The number of aromatic nitrogens is 2. The third kappa shape index (κ3) is 6.77. The molecule has 3 rings (SSSR count). The Bertz CT molecular complexity index is 1300. The van der Waals surface area contributed by atoms with Crippen molar-refractivity contribution in [2.24, 2.45) is 0 Å². The van der Waals surface area contributed by atoms with Crippen LogP contribution >= 0.6 is 0 Å². The fourth-order valence-corrected chi connectivity index (χ4v) is 2.66. The van der Waals surface area contributed by atoms with Crippen molar-refractivity contribution in [2.45, 2.75) is 13.1 Å². The van der Waals surface area contributed by atoms with Gasteiger partial charge in [-0.15, -0.1) is 0 Å². The molecule has 5 N–H and O–H groups in total. The summed E-state index contributed by atoms with van der Waals surface area (Å²) >= 11 is 0. The zero-order valence-electron chi connectivity index (χ0n) is 17.6. The summed E-state index contributed by atoms with van der Waals surface area (Å²) in [7, 11) is 0. The van der Waals surface area contributed by atoms with Crippen LogP contribution in [-0.4, -0.2) is 48.7 Å². The van der Waals surface area contributed by atoms with Crippen LogP contribution in [0, 0.1) is 10.1 Å². The summed E-state index contributed by atoms with van der Waals surface area (Å²) in [6.07, 6.45) is -3.57. The quantitative estimate of drug-likeness (QED) is 0.304. The summed E-state index contributed by atoms with van der Waals surface area (Å²) in [5, 5.41) is 30.0. The molecule has 184 valence electrons. The summed E-state index contributed by atoms with van der Waals surface area (Å²) in [5.74, 6) is -4.22. The van der Waals surface area contributed by atoms with Crippen LogP contribution in [0.1, 0.15) is 17.3 Å². The maximum absolute atomic E-state index is 11.5. The van der Waals surface area contributed by atoms with Gasteiger partial charge in [-0.25, -0.2) is 14.6 Å². The molecule has 0 spiro atoms. The fourth-order valence-electron chi connectivity index (χ4n) is 2.66. The number of nitrogens with one attached hydrogen (secondary N) is 1. The number of carboxylic acid groups (broad SMARTS) is 2. The minimum Gasteiger partial charge on any atom is -0.478 e. The van der Waals surface area contributed by atoms with Gasteiger partial charge in [-0.05, 0) is 18.2 Å². The molecule has 0 aliphatic rings. The van der Waals surface area contributed by atoms with Gasteiger partial charge < -0.3 is 21.3 Å². The Morgan fingerprint density at radius 3 is 2.29 bits per heavy atom. The molecule has 0 unspecified atom stereocenters. The van der Waals surface area contributed by atoms with Gasteiger partial charge in [-0.1, -0.05) is 12.1 Å². The summed E-state index contributed by atoms with van der Waals surface area (Å²) in [5.41, 5.74) is 7.35. The number of imidazole rings is 1. The van der Waals surface area contributed by atoms with E-state index in [1.54, 1.807) is 6.07 Å². The molecule has 0 atom stereocenters. The highest BCUT2D eigenvalue weighted by Crippen LogP contribution is 2.29. The first-order valence-corrected chi connectivity index (χ1v) is 9.25. The monoisotopic (exact) mass is 495 g/mol. The van der Waals surface area contributed by atoms with E-state index in [0.717, 1.165) is 0 Å². The number of alkyl halides is 3. The molecule has 0 saturated carbocycles. The first-order valence-electron chi connectivity index (χ1n) is 9.25. The van der Waals surface area contributed by atoms with E-state index in [4.69, 9.17) is 15.6 Å². The van der Waals surface area contributed by atoms with Crippen LogP contribution in [0.5, 0.6) is 0 Å². The Balaban J connectivity index is 0.000000540. The average molecular weight is 495 g/mol. The lowest BCUT2D eigenvalue weighted by Crippen LogP contribution is -2.21. The van der Waals surface area contributed by atoms with Crippen LogP contribution < -0.4 is 11.1 Å². The number of aliphatic carboxylic acids is 1. The van der Waals surface area contributed by atoms with Gasteiger partial charge in [0.15, 0.2) is 0 Å². The number of amides is 1. The number of anilines is 2. The van der Waals surface area contributed by atoms with E-state index in [1.165, 1.54) is 54.1 Å². The fraction of sp³-hybridized carbons (Fsp3) is 0.100. The van der Waals surface area contributed by atoms with Crippen molar-refractivity contribution in [2.75, 3.05) is 11.1 Å². The predicted molar refractivity (Wildman–Crippen MR) is 115 cm³/mol. The first kappa shape index (κ1) is 26.3. The number of nitro groups is 1. The maximum Gasteiger partial charge on any atom is 0.490 e. The molecule has 35 heavy (non-hydrogen) atoms. The molecule has 1 amide bonds. The molecule has 3 aromatic rings. The van der Waals surface area contributed by atoms with E-state index in [1.807, 2.05) is 0 Å². The number of carbonyl (C=O) groups is 3. The van der Waals surface area contributed by atoms with Crippen molar-refractivity contribution >= 4 is 35.2 Å². The van der Waals surface area contributed by atoms with Gasteiger partial charge in [0.2, 0.25) is 11.9 Å². The lowest BCUT2D eigenvalue weighted by Gasteiger charge is -2.12. The largest absolute Gasteiger partial charge is 0.490 e. The smallest absolute Gasteiger partial charge is 0.478 e. The highest BCUT2D eigenvalue weighted by molar-refractivity contribution is 5.94. The molecule has 0 saturated heterocycles. The number of benzene rings is 2. The van der Waals surface area contributed by atoms with Crippen LogP contribution in [0.25, 0.3) is 16.9 Å². The van der Waals surface area contributed by atoms with Crippen molar-refractivity contribution in [1.82, 2.24) is 9.55 Å². The van der Waals surface area contributed by atoms with Crippen LogP contribution in [0.15, 0.2) is 48.7 Å². The summed E-state index contributed by atoms with van der Waals surface area (Å²) < 4.78 is 33.1. The number of carboxylic acids is 2. The Morgan fingerprint density at radius 1 is 1.14 bits per heavy atom. The molecule has 15 heteroatoms. The zero-order chi connectivity index (χ0) is 26.5. The van der Waals surface area contributed by atoms with Crippen molar-refractivity contribution in [3.05, 3.63) is 64.3 Å². The number of halogens is 3. The molecule has 1 heterocycles. The van der Waals surface area contributed by atoms with Gasteiger partial charge in [0.25, 0.3) is 5.69 Å². The summed E-state index contributed by atoms with van der Waals surface area (Å²) in [6.45, 7) is 1.32. The molecule has 0 aliphatic heterocycles. The molecule has 0 aliphatic carbocycles. The van der Waals surface area contributed by atoms with Gasteiger partial charge in [0.05, 0.1) is 27.6 Å². The second kappa shape index (κ2) is 10.3. The number of nitrogens with two attached hydrogens (primary N) is 1. The number of rotatable bonds is 5. The maximum atomic E-state index is 11.5. The predicted octanol–water partition coefficient (Wildman–Crippen LogP) is 3.32. The van der Waals surface area contributed by atoms with Gasteiger partial charge in [0.1, 0.15) is 0 Å². The molecule has 0 fully saturated rings. The second-order valence-corrected chi connectivity index (χ2v) is 6.68. The highest BCUT2D eigenvalue weighted by Gasteiger charge is 2.38. The van der Waals surface area contributed by atoms with Gasteiger partial charge in [-0.2, -0.15) is 13.2 Å². The van der Waals surface area contributed by atoms with Crippen molar-refractivity contribution in [3.8, 4) is 16.9 Å². The molecule has 12 nitrogen and oxygen atoms in total. The Kier molecular flexibility index (Phi) is 7.76. The second-order valence-electron chi connectivity index (χ2n) is 6.68. The first-order chi connectivity index (χ1) is 16.2. The number of carbonyl (C=O) groups excluding carboxylic acids is 1. The van der Waals surface area contributed by atoms with Crippen molar-refractivity contribution < 1.29 is 42.7 Å². The van der Waals surface area contributed by atoms with Crippen molar-refractivity contribution in [3.63, 3.8) is 0 Å². The molecule has 0 radical (unpaired) electrons. The van der Waals surface area contributed by atoms with E-state index >= 15 is 0 Å². The van der Waals surface area contributed by atoms with E-state index in [0.29, 0.717) is 22.6 Å². The third-order valence-corrected chi connectivity index (χ3v) is 4.14. The average Bonchev–Trinajstić information content (AvgIpc) is 3.14. The topological polar surface area (TPSA) is 191 Å². The molecule has 1 aromatic heterocycles. The Labute approximate surface area is 193 Å². The molecular weight excluding hydrogens is 479 g/mol. The Morgan fingerprint density at radius 2 is 1.77 bits per heavy atom. The summed E-state index contributed by atoms with van der Waals surface area (Å²) in [4.78, 5) is 46.4. The third-order valence-electron chi connectivity index (χ3n) is 4.14. The normalized spacial score (nSPS) is 10.6. The van der Waals surface area contributed by atoms with E-state index in [9.17, 15) is 38.0 Å². The lowest BCUT2D eigenvalue weighted by molar-refractivity contribution is -0.384. The van der Waals surface area contributed by atoms with E-state index in [2.05, 4.69) is 10.3 Å². The lowest BCUT2D eigenvalue weighted by atomic mass is 10.1. The number of nitro benzene ring substituents is 1. The molecule has 2 aromatic carbocycles. The van der Waals surface area contributed by atoms with E-state index in [-0.39, 0.29) is 23.1 Å². The zero-order valence-corrected chi connectivity index (χ0v) is 17.6. The number of nitrogens with zero attached hydrogens (tertiary/aromatic N) is 3. The SMILES string of the molecule is CC(=O)Nc1ccc(C(=O)O)cc1-n1cc(-c2cccc([N+](=O)[O-])c2)nc1N.O=C(O)C(F)(F)F. The van der Waals surface area contributed by atoms with E-state index < -0.39 is 23.0 Å². The number of hydrogen-bond acceptors (Lipinski definition) is 7. The Hall–Kier alpha value is -4.95. The number of hydrogen-bond donors (Lipinski definition) is 4. The van der Waals surface area contributed by atoms with Crippen LogP contribution in [0.2, 0.25) is 0 Å². The summed E-state index contributed by atoms with van der Waals surface area (Å²) in [6, 6.07) is 10.0. The van der Waals surface area contributed by atoms with Crippen molar-refractivity contribution in [1.29, 1.82) is 0 Å². The van der Waals surface area contributed by atoms with Gasteiger partial charge >= 0.3 is 18.1 Å². The number of non-ortho nitro benzene ring substituents is 1. The highest BCUT2D eigenvalue weighted by atomic mass is 19.4. The molecular formula is C20H16F3N5O7. The van der Waals surface area contributed by atoms with Gasteiger partial charge in [0, 0.05) is 30.8 Å². The van der Waals surface area contributed by atoms with Crippen LogP contribution in [0.3, 0.4) is 0 Å².